The van der Waals surface area contributed by atoms with E-state index in [4.69, 9.17) is 0 Å². The first-order valence-electron chi connectivity index (χ1n) is 6.85. The van der Waals surface area contributed by atoms with Crippen molar-refractivity contribution in [2.24, 2.45) is 11.3 Å². The first kappa shape index (κ1) is 14.9. The third-order valence-electron chi connectivity index (χ3n) is 4.00. The molecule has 0 saturated heterocycles. The number of rotatable bonds is 3. The van der Waals surface area contributed by atoms with Crippen LogP contribution in [0.3, 0.4) is 0 Å². The van der Waals surface area contributed by atoms with Crippen molar-refractivity contribution in [2.75, 3.05) is 6.61 Å². The monoisotopic (exact) mass is 278 g/mol. The Balaban J connectivity index is 2.37. The maximum atomic E-state index is 9.82. The van der Waals surface area contributed by atoms with Gasteiger partial charge in [0.25, 0.3) is 0 Å². The molecule has 0 aliphatic heterocycles. The topological polar surface area (TPSA) is 80.9 Å². The summed E-state index contributed by atoms with van der Waals surface area (Å²) in [5.41, 5.74) is 1.23. The molecule has 0 heterocycles. The highest BCUT2D eigenvalue weighted by Crippen LogP contribution is 2.41. The second kappa shape index (κ2) is 5.46. The van der Waals surface area contributed by atoms with E-state index in [2.05, 4.69) is 0 Å². The predicted molar refractivity (Wildman–Crippen MR) is 77.2 cm³/mol. The Kier molecular flexibility index (Phi) is 4.06. The Morgan fingerprint density at radius 3 is 2.15 bits per heavy atom. The van der Waals surface area contributed by atoms with E-state index < -0.39 is 11.5 Å². The lowest BCUT2D eigenvalue weighted by Crippen LogP contribution is -2.24. The van der Waals surface area contributed by atoms with Gasteiger partial charge < -0.3 is 20.4 Å². The molecule has 0 radical (unpaired) electrons. The zero-order valence-corrected chi connectivity index (χ0v) is 11.9. The Hall–Kier alpha value is -1.52. The minimum Gasteiger partial charge on any atom is -0.512 e. The molecule has 20 heavy (non-hydrogen) atoms. The minimum absolute atomic E-state index is 0.0136. The van der Waals surface area contributed by atoms with E-state index in [1.165, 1.54) is 0 Å². The maximum Gasteiger partial charge on any atom is 0.0954 e. The van der Waals surface area contributed by atoms with Crippen LogP contribution in [0.1, 0.15) is 26.7 Å². The van der Waals surface area contributed by atoms with Crippen LogP contribution >= 0.6 is 0 Å². The molecule has 2 aliphatic carbocycles. The van der Waals surface area contributed by atoms with Crippen LogP contribution in [0.5, 0.6) is 0 Å². The highest BCUT2D eigenvalue weighted by molar-refractivity contribution is 5.44. The van der Waals surface area contributed by atoms with Crippen LogP contribution in [0.25, 0.3) is 0 Å². The lowest BCUT2D eigenvalue weighted by molar-refractivity contribution is 0.196. The average molecular weight is 278 g/mol. The molecule has 0 bridgehead atoms. The zero-order chi connectivity index (χ0) is 14.9. The fourth-order valence-corrected chi connectivity index (χ4v) is 2.70. The molecule has 0 spiro atoms. The molecule has 4 N–H and O–H groups in total. The summed E-state index contributed by atoms with van der Waals surface area (Å²) < 4.78 is 0. The minimum atomic E-state index is -0.690. The zero-order valence-electron chi connectivity index (χ0n) is 11.9. The summed E-state index contributed by atoms with van der Waals surface area (Å²) in [6.45, 7) is 3.92. The van der Waals surface area contributed by atoms with Gasteiger partial charge >= 0.3 is 0 Å². The van der Waals surface area contributed by atoms with Crippen LogP contribution < -0.4 is 0 Å². The van der Waals surface area contributed by atoms with Gasteiger partial charge in [0.15, 0.2) is 0 Å². The summed E-state index contributed by atoms with van der Waals surface area (Å²) in [4.78, 5) is 0. The van der Waals surface area contributed by atoms with Crippen LogP contribution in [-0.4, -0.2) is 33.1 Å². The van der Waals surface area contributed by atoms with Gasteiger partial charge in [0, 0.05) is 30.8 Å². The standard InChI is InChI=1S/C16H22O4/c1-16(2,12-6-14(19)8-15(20)7-12)11-3-10(9-17)4-13(18)5-11/h3,5-7,10,14,17-20H,4,8-9H2,1-2H3. The van der Waals surface area contributed by atoms with Gasteiger partial charge in [-0.15, -0.1) is 0 Å². The van der Waals surface area contributed by atoms with Crippen molar-refractivity contribution in [2.45, 2.75) is 32.8 Å². The normalized spacial score (nSPS) is 27.4. The van der Waals surface area contributed by atoms with Gasteiger partial charge in [0.05, 0.1) is 17.6 Å². The van der Waals surface area contributed by atoms with Crippen molar-refractivity contribution in [3.8, 4) is 0 Å². The van der Waals surface area contributed by atoms with Crippen molar-refractivity contribution in [3.05, 3.63) is 47.0 Å². The molecule has 0 aromatic rings. The average Bonchev–Trinajstić information content (AvgIpc) is 2.36. The van der Waals surface area contributed by atoms with E-state index in [9.17, 15) is 20.4 Å². The number of hydrogen-bond donors (Lipinski definition) is 4. The van der Waals surface area contributed by atoms with Gasteiger partial charge in [0.2, 0.25) is 0 Å². The highest BCUT2D eigenvalue weighted by Gasteiger charge is 2.31. The third kappa shape index (κ3) is 2.97. The number of aliphatic hydroxyl groups excluding tert-OH is 4. The van der Waals surface area contributed by atoms with Gasteiger partial charge in [-0.05, 0) is 23.3 Å². The molecule has 4 heteroatoms. The summed E-state index contributed by atoms with van der Waals surface area (Å²) in [6.07, 6.45) is 7.04. The Morgan fingerprint density at radius 2 is 1.60 bits per heavy atom. The lowest BCUT2D eigenvalue weighted by Gasteiger charge is -2.33. The number of hydrogen-bond acceptors (Lipinski definition) is 4. The third-order valence-corrected chi connectivity index (χ3v) is 4.00. The largest absolute Gasteiger partial charge is 0.512 e. The van der Waals surface area contributed by atoms with Gasteiger partial charge in [-0.25, -0.2) is 0 Å². The molecule has 4 nitrogen and oxygen atoms in total. The first-order valence-corrected chi connectivity index (χ1v) is 6.85. The molecule has 2 aliphatic rings. The molecule has 2 rings (SSSR count). The van der Waals surface area contributed by atoms with E-state index >= 15 is 0 Å². The Bertz CT molecular complexity index is 509. The molecule has 0 fully saturated rings. The van der Waals surface area contributed by atoms with Crippen molar-refractivity contribution >= 4 is 0 Å². The summed E-state index contributed by atoms with van der Waals surface area (Å²) in [5.74, 6) is 0.312. The van der Waals surface area contributed by atoms with Gasteiger partial charge in [-0.2, -0.15) is 0 Å². The molecular formula is C16H22O4. The van der Waals surface area contributed by atoms with Crippen molar-refractivity contribution in [3.63, 3.8) is 0 Å². The molecule has 0 aromatic carbocycles. The molecule has 0 amide bonds. The summed E-state index contributed by atoms with van der Waals surface area (Å²) in [5, 5.41) is 38.6. The van der Waals surface area contributed by atoms with Crippen molar-refractivity contribution in [1.82, 2.24) is 0 Å². The van der Waals surface area contributed by atoms with Gasteiger partial charge in [-0.1, -0.05) is 26.0 Å². The quantitative estimate of drug-likeness (QED) is 0.639. The van der Waals surface area contributed by atoms with Crippen molar-refractivity contribution < 1.29 is 20.4 Å². The summed E-state index contributed by atoms with van der Waals surface area (Å²) in [7, 11) is 0. The van der Waals surface area contributed by atoms with Crippen LogP contribution in [0.2, 0.25) is 0 Å². The fourth-order valence-electron chi connectivity index (χ4n) is 2.70. The number of allylic oxidation sites excluding steroid dienone is 5. The lowest BCUT2D eigenvalue weighted by atomic mass is 9.72. The molecular weight excluding hydrogens is 256 g/mol. The molecule has 2 unspecified atom stereocenters. The smallest absolute Gasteiger partial charge is 0.0954 e. The van der Waals surface area contributed by atoms with E-state index in [-0.39, 0.29) is 30.5 Å². The Morgan fingerprint density at radius 1 is 1.05 bits per heavy atom. The molecule has 0 aromatic heterocycles. The summed E-state index contributed by atoms with van der Waals surface area (Å²) in [6, 6.07) is 0. The molecule has 2 atom stereocenters. The van der Waals surface area contributed by atoms with Gasteiger partial charge in [0.1, 0.15) is 0 Å². The van der Waals surface area contributed by atoms with E-state index in [0.717, 1.165) is 11.1 Å². The maximum absolute atomic E-state index is 9.82. The Labute approximate surface area is 119 Å². The van der Waals surface area contributed by atoms with E-state index in [1.807, 2.05) is 19.9 Å². The highest BCUT2D eigenvalue weighted by atomic mass is 16.3. The van der Waals surface area contributed by atoms with Gasteiger partial charge in [-0.3, -0.25) is 0 Å². The van der Waals surface area contributed by atoms with E-state index in [0.29, 0.717) is 6.42 Å². The van der Waals surface area contributed by atoms with E-state index in [1.54, 1.807) is 18.2 Å². The van der Waals surface area contributed by atoms with Crippen LogP contribution in [0.15, 0.2) is 47.0 Å². The van der Waals surface area contributed by atoms with Crippen LogP contribution in [-0.2, 0) is 0 Å². The predicted octanol–water partition coefficient (Wildman–Crippen LogP) is 2.53. The fraction of sp³-hybridized carbons (Fsp3) is 0.500. The van der Waals surface area contributed by atoms with Crippen molar-refractivity contribution in [1.29, 1.82) is 0 Å². The second-order valence-corrected chi connectivity index (χ2v) is 6.06. The first-order chi connectivity index (χ1) is 9.32. The molecule has 0 saturated carbocycles. The summed E-state index contributed by atoms with van der Waals surface area (Å²) >= 11 is 0. The second-order valence-electron chi connectivity index (χ2n) is 6.06. The molecule has 110 valence electrons. The van der Waals surface area contributed by atoms with Crippen LogP contribution in [0.4, 0.5) is 0 Å². The number of aliphatic hydroxyl groups is 4. The SMILES string of the molecule is CC(C)(C1=CC(O)CC(O)=C1)C1=CC(CO)CC(O)=C1. The van der Waals surface area contributed by atoms with Crippen LogP contribution in [0, 0.1) is 11.3 Å².